The molecule has 3 amide bonds. The first-order chi connectivity index (χ1) is 15.0. The van der Waals surface area contributed by atoms with E-state index in [0.717, 1.165) is 29.1 Å². The lowest BCUT2D eigenvalue weighted by Crippen LogP contribution is -2.53. The van der Waals surface area contributed by atoms with Gasteiger partial charge in [-0.2, -0.15) is 11.8 Å². The Kier molecular flexibility index (Phi) is 4.90. The standard InChI is InChI=1S/C24H25N3O3S/c1-3-31-13-12-18-19-20(22(29)27(21(19)28)15-10-8-14(2)9-11-15)24(26-18)16-6-4-5-7-17(16)25-23(24)30/h4-11,18-20,26H,3,12-13H2,1-2H3,(H,25,30)/t18-,19+,20-,24?/m0/s1. The topological polar surface area (TPSA) is 78.5 Å². The highest BCUT2D eigenvalue weighted by molar-refractivity contribution is 7.99. The normalized spacial score (nSPS) is 28.9. The number of fused-ring (bicyclic) bond motifs is 4. The maximum absolute atomic E-state index is 13.8. The Morgan fingerprint density at radius 1 is 1.03 bits per heavy atom. The number of thioether (sulfide) groups is 1. The van der Waals surface area contributed by atoms with Gasteiger partial charge < -0.3 is 5.32 Å². The van der Waals surface area contributed by atoms with Gasteiger partial charge in [0.1, 0.15) is 5.54 Å². The molecule has 7 heteroatoms. The van der Waals surface area contributed by atoms with Gasteiger partial charge in [0.25, 0.3) is 0 Å². The van der Waals surface area contributed by atoms with E-state index in [-0.39, 0.29) is 23.8 Å². The van der Waals surface area contributed by atoms with Crippen molar-refractivity contribution in [2.75, 3.05) is 21.7 Å². The molecule has 0 radical (unpaired) electrons. The summed E-state index contributed by atoms with van der Waals surface area (Å²) in [5, 5.41) is 6.42. The molecule has 3 aliphatic heterocycles. The molecule has 0 aliphatic carbocycles. The van der Waals surface area contributed by atoms with E-state index < -0.39 is 17.4 Å². The monoisotopic (exact) mass is 435 g/mol. The number of carbonyl (C=O) groups excluding carboxylic acids is 3. The van der Waals surface area contributed by atoms with Gasteiger partial charge in [0.15, 0.2) is 0 Å². The number of anilines is 2. The van der Waals surface area contributed by atoms with Gasteiger partial charge in [0.2, 0.25) is 17.7 Å². The summed E-state index contributed by atoms with van der Waals surface area (Å²) in [6.07, 6.45) is 0.720. The molecule has 5 rings (SSSR count). The minimum absolute atomic E-state index is 0.216. The van der Waals surface area contributed by atoms with Crippen LogP contribution in [0.2, 0.25) is 0 Å². The number of carbonyl (C=O) groups is 3. The number of benzene rings is 2. The second kappa shape index (κ2) is 7.50. The van der Waals surface area contributed by atoms with Crippen molar-refractivity contribution in [3.05, 3.63) is 59.7 Å². The van der Waals surface area contributed by atoms with Crippen LogP contribution >= 0.6 is 11.8 Å². The second-order valence-corrected chi connectivity index (χ2v) is 9.79. The highest BCUT2D eigenvalue weighted by Crippen LogP contribution is 2.53. The molecule has 0 saturated carbocycles. The van der Waals surface area contributed by atoms with Crippen LogP contribution in [0.4, 0.5) is 11.4 Å². The summed E-state index contributed by atoms with van der Waals surface area (Å²) in [4.78, 5) is 42.0. The third-order valence-electron chi connectivity index (χ3n) is 6.69. The van der Waals surface area contributed by atoms with Crippen LogP contribution in [0.15, 0.2) is 48.5 Å². The molecule has 2 N–H and O–H groups in total. The van der Waals surface area contributed by atoms with Crippen molar-refractivity contribution in [3.63, 3.8) is 0 Å². The van der Waals surface area contributed by atoms with Crippen LogP contribution in [0.3, 0.4) is 0 Å². The minimum Gasteiger partial charge on any atom is -0.324 e. The smallest absolute Gasteiger partial charge is 0.250 e. The summed E-state index contributed by atoms with van der Waals surface area (Å²) in [6.45, 7) is 4.06. The van der Waals surface area contributed by atoms with Gasteiger partial charge >= 0.3 is 0 Å². The molecular formula is C24H25N3O3S. The number of rotatable bonds is 5. The van der Waals surface area contributed by atoms with Crippen molar-refractivity contribution in [1.29, 1.82) is 0 Å². The van der Waals surface area contributed by atoms with Gasteiger partial charge in [-0.1, -0.05) is 42.8 Å². The molecule has 3 aliphatic rings. The van der Waals surface area contributed by atoms with Crippen LogP contribution in [-0.4, -0.2) is 35.3 Å². The van der Waals surface area contributed by atoms with Gasteiger partial charge in [0.05, 0.1) is 17.5 Å². The van der Waals surface area contributed by atoms with E-state index in [0.29, 0.717) is 11.4 Å². The summed E-state index contributed by atoms with van der Waals surface area (Å²) in [5.74, 6) is -0.248. The molecule has 1 unspecified atom stereocenters. The Morgan fingerprint density at radius 2 is 1.77 bits per heavy atom. The molecule has 31 heavy (non-hydrogen) atoms. The van der Waals surface area contributed by atoms with Crippen molar-refractivity contribution >= 4 is 40.9 Å². The number of para-hydroxylation sites is 1. The summed E-state index contributed by atoms with van der Waals surface area (Å²) in [5.41, 5.74) is 1.87. The molecule has 160 valence electrons. The summed E-state index contributed by atoms with van der Waals surface area (Å²) in [7, 11) is 0. The lowest BCUT2D eigenvalue weighted by Gasteiger charge is -2.29. The number of nitrogens with zero attached hydrogens (tertiary/aromatic N) is 1. The van der Waals surface area contributed by atoms with E-state index >= 15 is 0 Å². The molecule has 0 aromatic heterocycles. The largest absolute Gasteiger partial charge is 0.324 e. The molecule has 2 saturated heterocycles. The van der Waals surface area contributed by atoms with Crippen LogP contribution < -0.4 is 15.5 Å². The van der Waals surface area contributed by atoms with E-state index in [1.54, 1.807) is 23.9 Å². The third-order valence-corrected chi connectivity index (χ3v) is 7.62. The first kappa shape index (κ1) is 20.3. The zero-order valence-corrected chi connectivity index (χ0v) is 18.4. The Hall–Kier alpha value is -2.64. The molecule has 1 spiro atoms. The molecule has 2 aromatic carbocycles. The predicted octanol–water partition coefficient (Wildman–Crippen LogP) is 3.06. The average Bonchev–Trinajstić information content (AvgIpc) is 3.34. The Balaban J connectivity index is 1.61. The van der Waals surface area contributed by atoms with Gasteiger partial charge in [-0.15, -0.1) is 0 Å². The minimum atomic E-state index is -1.21. The average molecular weight is 436 g/mol. The summed E-state index contributed by atoms with van der Waals surface area (Å²) >= 11 is 1.80. The van der Waals surface area contributed by atoms with Gasteiger partial charge in [-0.25, -0.2) is 4.90 Å². The number of hydrogen-bond acceptors (Lipinski definition) is 5. The van der Waals surface area contributed by atoms with E-state index in [1.165, 1.54) is 4.90 Å². The zero-order chi connectivity index (χ0) is 21.8. The van der Waals surface area contributed by atoms with E-state index in [9.17, 15) is 14.4 Å². The van der Waals surface area contributed by atoms with Crippen LogP contribution in [0, 0.1) is 18.8 Å². The number of hydrogen-bond donors (Lipinski definition) is 2. The van der Waals surface area contributed by atoms with Crippen LogP contribution in [0.5, 0.6) is 0 Å². The fourth-order valence-corrected chi connectivity index (χ4v) is 6.02. The van der Waals surface area contributed by atoms with Gasteiger partial charge in [-0.3, -0.25) is 19.7 Å². The molecule has 2 fully saturated rings. The van der Waals surface area contributed by atoms with E-state index in [4.69, 9.17) is 0 Å². The van der Waals surface area contributed by atoms with Crippen molar-refractivity contribution in [2.45, 2.75) is 31.8 Å². The Bertz CT molecular complexity index is 1070. The second-order valence-electron chi connectivity index (χ2n) is 8.40. The molecular weight excluding hydrogens is 410 g/mol. The number of imide groups is 1. The van der Waals surface area contributed by atoms with Crippen LogP contribution in [0.1, 0.15) is 24.5 Å². The first-order valence-electron chi connectivity index (χ1n) is 10.7. The number of amides is 3. The lowest BCUT2D eigenvalue weighted by molar-refractivity contribution is -0.130. The SMILES string of the molecule is CCSCC[C@@H]1NC2(C(=O)Nc3ccccc32)[C@@H]2C(=O)N(c3ccc(C)cc3)C(=O)[C@H]12. The number of nitrogens with one attached hydrogen (secondary N) is 2. The number of aryl methyl sites for hydroxylation is 1. The van der Waals surface area contributed by atoms with Crippen molar-refractivity contribution in [1.82, 2.24) is 5.32 Å². The zero-order valence-electron chi connectivity index (χ0n) is 17.6. The fourth-order valence-electron chi connectivity index (χ4n) is 5.31. The van der Waals surface area contributed by atoms with Crippen molar-refractivity contribution in [2.24, 2.45) is 11.8 Å². The first-order valence-corrected chi connectivity index (χ1v) is 11.9. The van der Waals surface area contributed by atoms with Gasteiger partial charge in [0, 0.05) is 17.3 Å². The highest BCUT2D eigenvalue weighted by atomic mass is 32.2. The predicted molar refractivity (Wildman–Crippen MR) is 122 cm³/mol. The fraction of sp³-hybridized carbons (Fsp3) is 0.375. The van der Waals surface area contributed by atoms with Crippen molar-refractivity contribution < 1.29 is 14.4 Å². The van der Waals surface area contributed by atoms with Crippen molar-refractivity contribution in [3.8, 4) is 0 Å². The van der Waals surface area contributed by atoms with Crippen LogP contribution in [0.25, 0.3) is 0 Å². The summed E-state index contributed by atoms with van der Waals surface area (Å²) in [6, 6.07) is 14.6. The molecule has 4 atom stereocenters. The lowest BCUT2D eigenvalue weighted by atomic mass is 9.76. The Morgan fingerprint density at radius 3 is 2.52 bits per heavy atom. The van der Waals surface area contributed by atoms with Crippen LogP contribution in [-0.2, 0) is 19.9 Å². The Labute approximate surface area is 185 Å². The quantitative estimate of drug-likeness (QED) is 0.558. The van der Waals surface area contributed by atoms with E-state index in [2.05, 4.69) is 17.6 Å². The maximum atomic E-state index is 13.8. The molecule has 6 nitrogen and oxygen atoms in total. The van der Waals surface area contributed by atoms with Gasteiger partial charge in [-0.05, 0) is 43.0 Å². The highest BCUT2D eigenvalue weighted by Gasteiger charge is 2.70. The molecule has 0 bridgehead atoms. The summed E-state index contributed by atoms with van der Waals surface area (Å²) < 4.78 is 0. The molecule has 3 heterocycles. The molecule has 2 aromatic rings. The van der Waals surface area contributed by atoms with E-state index in [1.807, 2.05) is 43.3 Å². The maximum Gasteiger partial charge on any atom is 0.250 e. The third kappa shape index (κ3) is 2.87.